The molecule has 0 bridgehead atoms. The Labute approximate surface area is 161 Å². The molecule has 146 valence electrons. The van der Waals surface area contributed by atoms with Gasteiger partial charge in [0.05, 0.1) is 11.8 Å². The van der Waals surface area contributed by atoms with Gasteiger partial charge in [-0.25, -0.2) is 9.97 Å². The molecule has 28 heavy (non-hydrogen) atoms. The zero-order valence-electron chi connectivity index (χ0n) is 15.3. The fourth-order valence-electron chi connectivity index (χ4n) is 3.26. The summed E-state index contributed by atoms with van der Waals surface area (Å²) in [6.07, 6.45) is 8.89. The zero-order chi connectivity index (χ0) is 19.5. The Morgan fingerprint density at radius 2 is 1.79 bits per heavy atom. The van der Waals surface area contributed by atoms with Gasteiger partial charge in [0.15, 0.2) is 11.5 Å². The molecule has 0 spiro atoms. The minimum Gasteiger partial charge on any atom is -0.472 e. The Morgan fingerprint density at radius 3 is 2.46 bits per heavy atom. The van der Waals surface area contributed by atoms with Crippen LogP contribution in [0.3, 0.4) is 0 Å². The average Bonchev–Trinajstić information content (AvgIpc) is 3.41. The van der Waals surface area contributed by atoms with Crippen LogP contribution in [0.5, 0.6) is 0 Å². The highest BCUT2D eigenvalue weighted by Crippen LogP contribution is 2.31. The van der Waals surface area contributed by atoms with Gasteiger partial charge in [-0.3, -0.25) is 14.4 Å². The van der Waals surface area contributed by atoms with Gasteiger partial charge >= 0.3 is 0 Å². The Balaban J connectivity index is 1.36. The predicted molar refractivity (Wildman–Crippen MR) is 98.5 cm³/mol. The molecular weight excluding hydrogens is 362 g/mol. The predicted octanol–water partition coefficient (Wildman–Crippen LogP) is 1.45. The van der Waals surface area contributed by atoms with Crippen molar-refractivity contribution in [2.75, 3.05) is 18.4 Å². The van der Waals surface area contributed by atoms with Crippen molar-refractivity contribution < 1.29 is 18.8 Å². The van der Waals surface area contributed by atoms with E-state index in [1.54, 1.807) is 0 Å². The van der Waals surface area contributed by atoms with E-state index >= 15 is 0 Å². The monoisotopic (exact) mass is 383 g/mol. The summed E-state index contributed by atoms with van der Waals surface area (Å²) < 4.78 is 4.89. The maximum Gasteiger partial charge on any atom is 0.273 e. The number of hydrogen-bond donors (Lipinski definition) is 2. The van der Waals surface area contributed by atoms with Gasteiger partial charge in [0, 0.05) is 37.4 Å². The third kappa shape index (κ3) is 4.03. The molecule has 1 aliphatic heterocycles. The van der Waals surface area contributed by atoms with Crippen LogP contribution in [0.25, 0.3) is 0 Å². The molecule has 0 atom stereocenters. The number of amides is 3. The number of hydrogen-bond acceptors (Lipinski definition) is 6. The summed E-state index contributed by atoms with van der Waals surface area (Å²) in [6, 6.07) is 1.47. The third-order valence-electron chi connectivity index (χ3n) is 5.00. The molecule has 3 heterocycles. The van der Waals surface area contributed by atoms with Gasteiger partial charge in [0.25, 0.3) is 11.8 Å². The minimum atomic E-state index is -0.435. The normalized spacial score (nSPS) is 17.2. The van der Waals surface area contributed by atoms with E-state index in [4.69, 9.17) is 4.42 Å². The number of piperidine rings is 1. The zero-order valence-corrected chi connectivity index (χ0v) is 15.3. The van der Waals surface area contributed by atoms with Crippen molar-refractivity contribution in [2.24, 2.45) is 5.92 Å². The van der Waals surface area contributed by atoms with Gasteiger partial charge in [-0.2, -0.15) is 0 Å². The molecule has 4 rings (SSSR count). The third-order valence-corrected chi connectivity index (χ3v) is 5.00. The minimum absolute atomic E-state index is 0.0461. The first-order valence-electron chi connectivity index (χ1n) is 9.36. The van der Waals surface area contributed by atoms with E-state index in [0.717, 1.165) is 12.8 Å². The topological polar surface area (TPSA) is 117 Å². The molecule has 3 amide bonds. The summed E-state index contributed by atoms with van der Waals surface area (Å²) in [5.74, 6) is -0.291. The van der Waals surface area contributed by atoms with Crippen molar-refractivity contribution in [1.82, 2.24) is 20.2 Å². The number of carbonyl (C=O) groups is 3. The SMILES string of the molecule is O=C(Nc1nccnc1C(=O)NC1CCN(C(=O)C2CC2)CC1)c1ccoc1. The second-order valence-corrected chi connectivity index (χ2v) is 7.07. The first kappa shape index (κ1) is 18.1. The van der Waals surface area contributed by atoms with Crippen LogP contribution in [0.1, 0.15) is 46.5 Å². The summed E-state index contributed by atoms with van der Waals surface area (Å²) >= 11 is 0. The second-order valence-electron chi connectivity index (χ2n) is 7.07. The highest BCUT2D eigenvalue weighted by molar-refractivity contribution is 6.07. The van der Waals surface area contributed by atoms with E-state index in [-0.39, 0.29) is 29.4 Å². The van der Waals surface area contributed by atoms with E-state index < -0.39 is 11.8 Å². The first-order chi connectivity index (χ1) is 13.6. The summed E-state index contributed by atoms with van der Waals surface area (Å²) in [5, 5.41) is 5.52. The lowest BCUT2D eigenvalue weighted by molar-refractivity contribution is -0.133. The van der Waals surface area contributed by atoms with Crippen molar-refractivity contribution in [1.29, 1.82) is 0 Å². The fourth-order valence-corrected chi connectivity index (χ4v) is 3.26. The number of aromatic nitrogens is 2. The highest BCUT2D eigenvalue weighted by Gasteiger charge is 2.35. The van der Waals surface area contributed by atoms with Crippen LogP contribution in [0.2, 0.25) is 0 Å². The Hall–Kier alpha value is -3.23. The number of nitrogens with zero attached hydrogens (tertiary/aromatic N) is 3. The number of likely N-dealkylation sites (tertiary alicyclic amines) is 1. The number of nitrogens with one attached hydrogen (secondary N) is 2. The van der Waals surface area contributed by atoms with Crippen molar-refractivity contribution >= 4 is 23.5 Å². The van der Waals surface area contributed by atoms with Gasteiger partial charge in [-0.1, -0.05) is 0 Å². The molecule has 2 N–H and O–H groups in total. The van der Waals surface area contributed by atoms with Gasteiger partial charge in [0.2, 0.25) is 5.91 Å². The Bertz CT molecular complexity index is 870. The van der Waals surface area contributed by atoms with E-state index in [2.05, 4.69) is 20.6 Å². The molecule has 2 aromatic rings. The molecule has 0 radical (unpaired) electrons. The molecule has 1 saturated carbocycles. The first-order valence-corrected chi connectivity index (χ1v) is 9.36. The average molecular weight is 383 g/mol. The number of anilines is 1. The van der Waals surface area contributed by atoms with E-state index in [0.29, 0.717) is 31.5 Å². The number of rotatable bonds is 5. The van der Waals surface area contributed by atoms with Crippen LogP contribution in [0.4, 0.5) is 5.82 Å². The summed E-state index contributed by atoms with van der Waals surface area (Å²) in [7, 11) is 0. The molecule has 2 aromatic heterocycles. The molecular formula is C19H21N5O4. The van der Waals surface area contributed by atoms with Crippen LogP contribution in [0, 0.1) is 5.92 Å². The molecule has 9 nitrogen and oxygen atoms in total. The van der Waals surface area contributed by atoms with Crippen molar-refractivity contribution in [3.05, 3.63) is 42.2 Å². The van der Waals surface area contributed by atoms with Crippen LogP contribution < -0.4 is 10.6 Å². The molecule has 2 fully saturated rings. The Morgan fingerprint density at radius 1 is 1.04 bits per heavy atom. The van der Waals surface area contributed by atoms with E-state index in [1.165, 1.54) is 31.0 Å². The lowest BCUT2D eigenvalue weighted by Gasteiger charge is -2.32. The molecule has 9 heteroatoms. The standard InChI is InChI=1S/C19H21N5O4/c25-17(13-5-10-28-11-13)23-16-15(20-6-7-21-16)18(26)22-14-3-8-24(9-4-14)19(27)12-1-2-12/h5-7,10-12,14H,1-4,8-9H2,(H,22,26)(H,21,23,25). The number of furan rings is 1. The second kappa shape index (κ2) is 7.79. The van der Waals surface area contributed by atoms with Crippen LogP contribution >= 0.6 is 0 Å². The van der Waals surface area contributed by atoms with E-state index in [9.17, 15) is 14.4 Å². The smallest absolute Gasteiger partial charge is 0.273 e. The summed E-state index contributed by atoms with van der Waals surface area (Å²) in [4.78, 5) is 47.0. The van der Waals surface area contributed by atoms with Crippen molar-refractivity contribution in [3.8, 4) is 0 Å². The van der Waals surface area contributed by atoms with Gasteiger partial charge in [0.1, 0.15) is 6.26 Å². The quantitative estimate of drug-likeness (QED) is 0.807. The molecule has 2 aliphatic rings. The molecule has 1 saturated heterocycles. The van der Waals surface area contributed by atoms with Crippen LogP contribution in [-0.4, -0.2) is 51.7 Å². The van der Waals surface area contributed by atoms with Crippen LogP contribution in [0.15, 0.2) is 35.4 Å². The van der Waals surface area contributed by atoms with Crippen molar-refractivity contribution in [2.45, 2.75) is 31.7 Å². The van der Waals surface area contributed by atoms with Gasteiger partial charge in [-0.15, -0.1) is 0 Å². The van der Waals surface area contributed by atoms with Gasteiger partial charge < -0.3 is 20.0 Å². The molecule has 1 aliphatic carbocycles. The summed E-state index contributed by atoms with van der Waals surface area (Å²) in [5.41, 5.74) is 0.376. The largest absolute Gasteiger partial charge is 0.472 e. The lowest BCUT2D eigenvalue weighted by atomic mass is 10.0. The highest BCUT2D eigenvalue weighted by atomic mass is 16.3. The Kier molecular flexibility index (Phi) is 5.05. The van der Waals surface area contributed by atoms with E-state index in [1.807, 2.05) is 4.90 Å². The number of carbonyl (C=O) groups excluding carboxylic acids is 3. The maximum atomic E-state index is 12.7. The lowest BCUT2D eigenvalue weighted by Crippen LogP contribution is -2.47. The molecule has 0 unspecified atom stereocenters. The van der Waals surface area contributed by atoms with Gasteiger partial charge in [-0.05, 0) is 31.7 Å². The summed E-state index contributed by atoms with van der Waals surface area (Å²) in [6.45, 7) is 1.29. The van der Waals surface area contributed by atoms with Crippen LogP contribution in [-0.2, 0) is 4.79 Å². The fraction of sp³-hybridized carbons (Fsp3) is 0.421. The molecule has 0 aromatic carbocycles. The maximum absolute atomic E-state index is 12.7. The van der Waals surface area contributed by atoms with Crippen molar-refractivity contribution in [3.63, 3.8) is 0 Å².